The van der Waals surface area contributed by atoms with Crippen molar-refractivity contribution in [2.24, 2.45) is 5.73 Å². The molecule has 1 aromatic carbocycles. The van der Waals surface area contributed by atoms with Crippen molar-refractivity contribution in [1.29, 1.82) is 0 Å². The second kappa shape index (κ2) is 4.32. The quantitative estimate of drug-likeness (QED) is 0.827. The molecule has 0 saturated carbocycles. The molecular formula is C11H9FN2OS. The molecule has 3 nitrogen and oxygen atoms in total. The summed E-state index contributed by atoms with van der Waals surface area (Å²) in [5.74, 6) is -0.282. The molecule has 2 aromatic rings. The van der Waals surface area contributed by atoms with Crippen LogP contribution in [0.2, 0.25) is 0 Å². The van der Waals surface area contributed by atoms with Crippen molar-refractivity contribution in [3.05, 3.63) is 41.5 Å². The van der Waals surface area contributed by atoms with Gasteiger partial charge in [-0.3, -0.25) is 0 Å². The van der Waals surface area contributed by atoms with Crippen LogP contribution in [0.15, 0.2) is 35.7 Å². The Morgan fingerprint density at radius 1 is 1.38 bits per heavy atom. The van der Waals surface area contributed by atoms with Crippen LogP contribution in [0, 0.1) is 5.82 Å². The summed E-state index contributed by atoms with van der Waals surface area (Å²) < 4.78 is 13.0. The number of urea groups is 1. The minimum atomic E-state index is -0.608. The molecule has 0 aliphatic rings. The number of carbonyl (C=O) groups excluding carboxylic acids is 1. The Morgan fingerprint density at radius 2 is 2.19 bits per heavy atom. The van der Waals surface area contributed by atoms with Crippen molar-refractivity contribution in [2.75, 3.05) is 5.32 Å². The van der Waals surface area contributed by atoms with Gasteiger partial charge < -0.3 is 11.1 Å². The van der Waals surface area contributed by atoms with E-state index >= 15 is 0 Å². The van der Waals surface area contributed by atoms with Crippen LogP contribution < -0.4 is 11.1 Å². The van der Waals surface area contributed by atoms with E-state index in [-0.39, 0.29) is 5.82 Å². The molecule has 1 heterocycles. The van der Waals surface area contributed by atoms with Gasteiger partial charge >= 0.3 is 6.03 Å². The van der Waals surface area contributed by atoms with Gasteiger partial charge in [-0.05, 0) is 23.8 Å². The van der Waals surface area contributed by atoms with Crippen molar-refractivity contribution in [2.45, 2.75) is 0 Å². The lowest BCUT2D eigenvalue weighted by molar-refractivity contribution is 0.259. The molecule has 5 heteroatoms. The van der Waals surface area contributed by atoms with Gasteiger partial charge in [-0.15, -0.1) is 11.3 Å². The van der Waals surface area contributed by atoms with Gasteiger partial charge in [-0.2, -0.15) is 0 Å². The topological polar surface area (TPSA) is 55.1 Å². The highest BCUT2D eigenvalue weighted by Crippen LogP contribution is 2.29. The van der Waals surface area contributed by atoms with E-state index in [2.05, 4.69) is 5.32 Å². The third-order valence-electron chi connectivity index (χ3n) is 1.98. The third kappa shape index (κ3) is 2.38. The fraction of sp³-hybridized carbons (Fsp3) is 0. The monoisotopic (exact) mass is 236 g/mol. The molecule has 0 fully saturated rings. The number of hydrogen-bond donors (Lipinski definition) is 2. The Hall–Kier alpha value is -1.88. The van der Waals surface area contributed by atoms with Gasteiger partial charge in [0.1, 0.15) is 5.82 Å². The van der Waals surface area contributed by atoms with Crippen LogP contribution in [0.3, 0.4) is 0 Å². The third-order valence-corrected chi connectivity index (χ3v) is 2.96. The standard InChI is InChI=1S/C11H9FN2OS/c12-8-3-1-2-7(4-8)10-5-9(6-16-10)14-11(13)15/h1-6H,(H3,13,14,15). The van der Waals surface area contributed by atoms with Gasteiger partial charge in [0.2, 0.25) is 0 Å². The number of carbonyl (C=O) groups is 1. The van der Waals surface area contributed by atoms with Gasteiger partial charge in [0, 0.05) is 10.3 Å². The maximum absolute atomic E-state index is 13.0. The van der Waals surface area contributed by atoms with Gasteiger partial charge in [-0.1, -0.05) is 12.1 Å². The maximum atomic E-state index is 13.0. The summed E-state index contributed by atoms with van der Waals surface area (Å²) in [4.78, 5) is 11.5. The number of primary amides is 1. The van der Waals surface area contributed by atoms with Crippen molar-refractivity contribution in [3.63, 3.8) is 0 Å². The number of hydrogen-bond acceptors (Lipinski definition) is 2. The Balaban J connectivity index is 2.28. The highest BCUT2D eigenvalue weighted by molar-refractivity contribution is 7.14. The number of nitrogens with one attached hydrogen (secondary N) is 1. The van der Waals surface area contributed by atoms with Crippen LogP contribution in [0.5, 0.6) is 0 Å². The van der Waals surface area contributed by atoms with Crippen molar-refractivity contribution in [3.8, 4) is 10.4 Å². The average molecular weight is 236 g/mol. The molecule has 0 unspecified atom stereocenters. The van der Waals surface area contributed by atoms with E-state index in [9.17, 15) is 9.18 Å². The molecule has 0 aliphatic heterocycles. The first-order chi connectivity index (χ1) is 7.65. The van der Waals surface area contributed by atoms with E-state index in [1.807, 2.05) is 6.07 Å². The number of anilines is 1. The molecule has 2 amide bonds. The lowest BCUT2D eigenvalue weighted by Gasteiger charge is -1.97. The van der Waals surface area contributed by atoms with Gasteiger partial charge in [0.15, 0.2) is 0 Å². The number of halogens is 1. The first-order valence-corrected chi connectivity index (χ1v) is 5.44. The zero-order chi connectivity index (χ0) is 11.5. The molecule has 3 N–H and O–H groups in total. The minimum Gasteiger partial charge on any atom is -0.351 e. The van der Waals surface area contributed by atoms with E-state index < -0.39 is 6.03 Å². The molecule has 0 radical (unpaired) electrons. The van der Waals surface area contributed by atoms with Gasteiger partial charge in [-0.25, -0.2) is 9.18 Å². The number of thiophene rings is 1. The SMILES string of the molecule is NC(=O)Nc1csc(-c2cccc(F)c2)c1. The molecule has 1 aromatic heterocycles. The first kappa shape index (κ1) is 10.6. The second-order valence-electron chi connectivity index (χ2n) is 3.20. The summed E-state index contributed by atoms with van der Waals surface area (Å²) in [5, 5.41) is 4.22. The number of amides is 2. The summed E-state index contributed by atoms with van der Waals surface area (Å²) in [6.45, 7) is 0. The molecular weight excluding hydrogens is 227 g/mol. The molecule has 0 aliphatic carbocycles. The fourth-order valence-corrected chi connectivity index (χ4v) is 2.18. The fourth-order valence-electron chi connectivity index (χ4n) is 1.34. The Labute approximate surface area is 95.7 Å². The van der Waals surface area contributed by atoms with Crippen molar-refractivity contribution in [1.82, 2.24) is 0 Å². The summed E-state index contributed by atoms with van der Waals surface area (Å²) in [5.41, 5.74) is 6.39. The predicted molar refractivity (Wildman–Crippen MR) is 62.9 cm³/mol. The average Bonchev–Trinajstić information content (AvgIpc) is 2.65. The van der Waals surface area contributed by atoms with Crippen LogP contribution in [0.25, 0.3) is 10.4 Å². The number of rotatable bonds is 2. The highest BCUT2D eigenvalue weighted by atomic mass is 32.1. The normalized spacial score (nSPS) is 10.1. The first-order valence-electron chi connectivity index (χ1n) is 4.56. The van der Waals surface area contributed by atoms with Crippen molar-refractivity contribution < 1.29 is 9.18 Å². The Bertz CT molecular complexity index is 524. The molecule has 0 spiro atoms. The molecule has 0 bridgehead atoms. The zero-order valence-corrected chi connectivity index (χ0v) is 9.05. The predicted octanol–water partition coefficient (Wildman–Crippen LogP) is 3.04. The van der Waals surface area contributed by atoms with Crippen molar-refractivity contribution >= 4 is 23.1 Å². The summed E-state index contributed by atoms with van der Waals surface area (Å²) in [6.07, 6.45) is 0. The summed E-state index contributed by atoms with van der Waals surface area (Å²) >= 11 is 1.42. The van der Waals surface area contributed by atoms with E-state index in [1.165, 1.54) is 23.5 Å². The Kier molecular flexibility index (Phi) is 2.87. The summed E-state index contributed by atoms with van der Waals surface area (Å²) in [6, 6.07) is 7.43. The van der Waals surface area contributed by atoms with Gasteiger partial charge in [0.25, 0.3) is 0 Å². The minimum absolute atomic E-state index is 0.282. The summed E-state index contributed by atoms with van der Waals surface area (Å²) in [7, 11) is 0. The second-order valence-corrected chi connectivity index (χ2v) is 4.11. The van der Waals surface area contributed by atoms with Crippen LogP contribution in [0.1, 0.15) is 0 Å². The van der Waals surface area contributed by atoms with Crippen LogP contribution in [-0.2, 0) is 0 Å². The van der Waals surface area contributed by atoms with Crippen LogP contribution >= 0.6 is 11.3 Å². The number of benzene rings is 1. The zero-order valence-electron chi connectivity index (χ0n) is 8.24. The smallest absolute Gasteiger partial charge is 0.316 e. The van der Waals surface area contributed by atoms with Crippen LogP contribution in [0.4, 0.5) is 14.9 Å². The lowest BCUT2D eigenvalue weighted by atomic mass is 10.2. The number of nitrogens with two attached hydrogens (primary N) is 1. The largest absolute Gasteiger partial charge is 0.351 e. The molecule has 0 saturated heterocycles. The van der Waals surface area contributed by atoms with E-state index in [0.29, 0.717) is 5.69 Å². The van der Waals surface area contributed by atoms with E-state index in [4.69, 9.17) is 5.73 Å². The Morgan fingerprint density at radius 3 is 2.88 bits per heavy atom. The highest BCUT2D eigenvalue weighted by Gasteiger charge is 2.04. The molecule has 82 valence electrons. The molecule has 2 rings (SSSR count). The molecule has 16 heavy (non-hydrogen) atoms. The van der Waals surface area contributed by atoms with E-state index in [1.54, 1.807) is 17.5 Å². The maximum Gasteiger partial charge on any atom is 0.316 e. The van der Waals surface area contributed by atoms with Gasteiger partial charge in [0.05, 0.1) is 5.69 Å². The molecule has 0 atom stereocenters. The van der Waals surface area contributed by atoms with Crippen LogP contribution in [-0.4, -0.2) is 6.03 Å². The lowest BCUT2D eigenvalue weighted by Crippen LogP contribution is -2.18. The van der Waals surface area contributed by atoms with E-state index in [0.717, 1.165) is 10.4 Å².